The van der Waals surface area contributed by atoms with E-state index in [1.54, 1.807) is 0 Å². The lowest BCUT2D eigenvalue weighted by Crippen LogP contribution is -1.80. The van der Waals surface area contributed by atoms with Gasteiger partial charge in [0, 0.05) is 20.9 Å². The Labute approximate surface area is 88.7 Å². The second-order valence-electron chi connectivity index (χ2n) is 2.77. The summed E-state index contributed by atoms with van der Waals surface area (Å²) in [5, 5.41) is 10.5. The van der Waals surface area contributed by atoms with Gasteiger partial charge in [-0.25, -0.2) is 0 Å². The number of aliphatic hydroxyl groups is 1. The van der Waals surface area contributed by atoms with Crippen LogP contribution in [0.3, 0.4) is 0 Å². The van der Waals surface area contributed by atoms with Gasteiger partial charge in [0.25, 0.3) is 0 Å². The van der Waals surface area contributed by atoms with E-state index in [1.807, 2.05) is 18.2 Å². The molecule has 0 aliphatic rings. The molecule has 13 heavy (non-hydrogen) atoms. The first kappa shape index (κ1) is 9.06. The molecule has 0 fully saturated rings. The monoisotopic (exact) mass is 259 g/mol. The van der Waals surface area contributed by atoms with Gasteiger partial charge in [-0.1, -0.05) is 27.5 Å². The van der Waals surface area contributed by atoms with Gasteiger partial charge in [0.2, 0.25) is 0 Å². The van der Waals surface area contributed by atoms with Crippen molar-refractivity contribution < 1.29 is 5.11 Å². The summed E-state index contributed by atoms with van der Waals surface area (Å²) in [7, 11) is 0. The zero-order chi connectivity index (χ0) is 9.42. The average Bonchev–Trinajstić information content (AvgIpc) is 2.40. The number of fused-ring (bicyclic) bond motifs is 1. The van der Waals surface area contributed by atoms with E-state index in [9.17, 15) is 0 Å². The Kier molecular flexibility index (Phi) is 2.32. The highest BCUT2D eigenvalue weighted by atomic mass is 79.9. The third kappa shape index (κ3) is 1.47. The smallest absolute Gasteiger partial charge is 0.112 e. The molecule has 2 nitrogen and oxygen atoms in total. The summed E-state index contributed by atoms with van der Waals surface area (Å²) in [5.74, 6) is 0. The SMILES string of the molecule is OCc1c(Cl)[nH]c2ccc(Br)cc12. The van der Waals surface area contributed by atoms with Crippen LogP contribution in [-0.2, 0) is 6.61 Å². The molecule has 0 bridgehead atoms. The van der Waals surface area contributed by atoms with E-state index in [2.05, 4.69) is 20.9 Å². The van der Waals surface area contributed by atoms with Gasteiger partial charge in [-0.05, 0) is 18.2 Å². The van der Waals surface area contributed by atoms with Crippen molar-refractivity contribution >= 4 is 38.4 Å². The van der Waals surface area contributed by atoms with Gasteiger partial charge in [-0.3, -0.25) is 0 Å². The molecule has 0 atom stereocenters. The number of hydrogen-bond donors (Lipinski definition) is 2. The molecule has 0 amide bonds. The Morgan fingerprint density at radius 1 is 1.46 bits per heavy atom. The van der Waals surface area contributed by atoms with E-state index < -0.39 is 0 Å². The molecule has 68 valence electrons. The Morgan fingerprint density at radius 2 is 2.23 bits per heavy atom. The van der Waals surface area contributed by atoms with Crippen molar-refractivity contribution in [3.8, 4) is 0 Å². The lowest BCUT2D eigenvalue weighted by molar-refractivity contribution is 0.283. The maximum absolute atomic E-state index is 9.08. The maximum atomic E-state index is 9.08. The van der Waals surface area contributed by atoms with Crippen LogP contribution in [0.2, 0.25) is 5.15 Å². The van der Waals surface area contributed by atoms with Crippen molar-refractivity contribution in [3.63, 3.8) is 0 Å². The summed E-state index contributed by atoms with van der Waals surface area (Å²) in [6.45, 7) is -0.0463. The summed E-state index contributed by atoms with van der Waals surface area (Å²) < 4.78 is 0.977. The summed E-state index contributed by atoms with van der Waals surface area (Å²) in [4.78, 5) is 2.99. The highest BCUT2D eigenvalue weighted by Crippen LogP contribution is 2.28. The molecule has 0 aliphatic heterocycles. The zero-order valence-corrected chi connectivity index (χ0v) is 8.98. The van der Waals surface area contributed by atoms with Crippen LogP contribution < -0.4 is 0 Å². The number of aromatic nitrogens is 1. The van der Waals surface area contributed by atoms with Gasteiger partial charge in [0.05, 0.1) is 6.61 Å². The number of rotatable bonds is 1. The molecule has 2 N–H and O–H groups in total. The van der Waals surface area contributed by atoms with Crippen LogP contribution >= 0.6 is 27.5 Å². The minimum atomic E-state index is -0.0463. The van der Waals surface area contributed by atoms with Gasteiger partial charge in [-0.15, -0.1) is 0 Å². The number of nitrogens with one attached hydrogen (secondary N) is 1. The number of H-pyrrole nitrogens is 1. The van der Waals surface area contributed by atoms with Crippen molar-refractivity contribution in [2.45, 2.75) is 6.61 Å². The fraction of sp³-hybridized carbons (Fsp3) is 0.111. The van der Waals surface area contributed by atoms with Crippen molar-refractivity contribution in [3.05, 3.63) is 33.4 Å². The van der Waals surface area contributed by atoms with Crippen LogP contribution in [0, 0.1) is 0 Å². The summed E-state index contributed by atoms with van der Waals surface area (Å²) in [6.07, 6.45) is 0. The van der Waals surface area contributed by atoms with E-state index in [-0.39, 0.29) is 6.61 Å². The second kappa shape index (κ2) is 3.33. The van der Waals surface area contributed by atoms with Crippen molar-refractivity contribution in [2.24, 2.45) is 0 Å². The quantitative estimate of drug-likeness (QED) is 0.812. The van der Waals surface area contributed by atoms with Crippen molar-refractivity contribution in [1.29, 1.82) is 0 Å². The fourth-order valence-electron chi connectivity index (χ4n) is 1.34. The third-order valence-corrected chi connectivity index (χ3v) is 2.79. The lowest BCUT2D eigenvalue weighted by atomic mass is 10.2. The normalized spacial score (nSPS) is 11.0. The highest BCUT2D eigenvalue weighted by Gasteiger charge is 2.08. The van der Waals surface area contributed by atoms with Crippen molar-refractivity contribution in [2.75, 3.05) is 0 Å². The molecule has 2 aromatic rings. The van der Waals surface area contributed by atoms with Gasteiger partial charge in [-0.2, -0.15) is 0 Å². The van der Waals surface area contributed by atoms with Crippen LogP contribution in [0.15, 0.2) is 22.7 Å². The number of benzene rings is 1. The molecular weight excluding hydrogens is 253 g/mol. The maximum Gasteiger partial charge on any atom is 0.112 e. The van der Waals surface area contributed by atoms with Crippen LogP contribution in [-0.4, -0.2) is 10.1 Å². The number of hydrogen-bond acceptors (Lipinski definition) is 1. The Balaban J connectivity index is 2.80. The Hall–Kier alpha value is -0.510. The van der Waals surface area contributed by atoms with E-state index in [0.717, 1.165) is 20.9 Å². The van der Waals surface area contributed by atoms with E-state index in [4.69, 9.17) is 16.7 Å². The first-order chi connectivity index (χ1) is 6.22. The molecule has 1 aromatic carbocycles. The molecule has 2 rings (SSSR count). The number of aliphatic hydroxyl groups excluding tert-OH is 1. The zero-order valence-electron chi connectivity index (χ0n) is 6.64. The van der Waals surface area contributed by atoms with Gasteiger partial charge < -0.3 is 10.1 Å². The van der Waals surface area contributed by atoms with E-state index in [0.29, 0.717) is 5.15 Å². The molecule has 4 heteroatoms. The predicted molar refractivity (Wildman–Crippen MR) is 56.9 cm³/mol. The highest BCUT2D eigenvalue weighted by molar-refractivity contribution is 9.10. The first-order valence-electron chi connectivity index (χ1n) is 3.79. The summed E-state index contributed by atoms with van der Waals surface area (Å²) in [6, 6.07) is 5.78. The largest absolute Gasteiger partial charge is 0.392 e. The minimum absolute atomic E-state index is 0.0463. The predicted octanol–water partition coefficient (Wildman–Crippen LogP) is 3.08. The van der Waals surface area contributed by atoms with E-state index >= 15 is 0 Å². The second-order valence-corrected chi connectivity index (χ2v) is 4.06. The molecular formula is C9H7BrClNO. The van der Waals surface area contributed by atoms with Crippen LogP contribution in [0.25, 0.3) is 10.9 Å². The van der Waals surface area contributed by atoms with Crippen LogP contribution in [0.5, 0.6) is 0 Å². The van der Waals surface area contributed by atoms with Crippen LogP contribution in [0.4, 0.5) is 0 Å². The standard InChI is InChI=1S/C9H7BrClNO/c10-5-1-2-8-6(3-5)7(4-13)9(11)12-8/h1-3,12-13H,4H2. The van der Waals surface area contributed by atoms with Gasteiger partial charge in [0.15, 0.2) is 0 Å². The molecule has 1 heterocycles. The first-order valence-corrected chi connectivity index (χ1v) is 4.96. The molecule has 0 radical (unpaired) electrons. The number of aromatic amines is 1. The summed E-state index contributed by atoms with van der Waals surface area (Å²) >= 11 is 9.26. The molecule has 0 aliphatic carbocycles. The Bertz CT molecular complexity index is 452. The molecule has 1 aromatic heterocycles. The van der Waals surface area contributed by atoms with Crippen LogP contribution in [0.1, 0.15) is 5.56 Å². The summed E-state index contributed by atoms with van der Waals surface area (Å²) in [5.41, 5.74) is 1.69. The topological polar surface area (TPSA) is 36.0 Å². The number of halogens is 2. The molecule has 0 spiro atoms. The lowest BCUT2D eigenvalue weighted by Gasteiger charge is -1.94. The molecule has 0 unspecified atom stereocenters. The molecule has 0 saturated carbocycles. The Morgan fingerprint density at radius 3 is 2.92 bits per heavy atom. The fourth-order valence-corrected chi connectivity index (χ4v) is 1.97. The van der Waals surface area contributed by atoms with Gasteiger partial charge >= 0.3 is 0 Å². The van der Waals surface area contributed by atoms with Gasteiger partial charge in [0.1, 0.15) is 5.15 Å². The molecule has 0 saturated heterocycles. The van der Waals surface area contributed by atoms with Crippen molar-refractivity contribution in [1.82, 2.24) is 4.98 Å². The average molecular weight is 261 g/mol. The van der Waals surface area contributed by atoms with E-state index in [1.165, 1.54) is 0 Å². The minimum Gasteiger partial charge on any atom is -0.392 e. The third-order valence-electron chi connectivity index (χ3n) is 1.97.